The van der Waals surface area contributed by atoms with Gasteiger partial charge in [-0.3, -0.25) is 0 Å². The topological polar surface area (TPSA) is 9.23 Å². The molecule has 0 saturated heterocycles. The molecule has 0 atom stereocenters. The van der Waals surface area contributed by atoms with Crippen molar-refractivity contribution in [2.75, 3.05) is 7.11 Å². The van der Waals surface area contributed by atoms with Crippen LogP contribution in [0.2, 0.25) is 0 Å². The van der Waals surface area contributed by atoms with Crippen LogP contribution in [-0.2, 0) is 4.74 Å². The molecular weight excluding hydrogens is 112 g/mol. The lowest BCUT2D eigenvalue weighted by Crippen LogP contribution is -1.75. The minimum atomic E-state index is 0.585. The number of hydrogen-bond donors (Lipinski definition) is 0. The Bertz CT molecular complexity index is 86.1. The Balaban J connectivity index is 3.60. The van der Waals surface area contributed by atoms with Crippen molar-refractivity contribution in [3.63, 3.8) is 0 Å². The Morgan fingerprint density at radius 2 is 2.43 bits per heavy atom. The molecule has 0 heterocycles. The summed E-state index contributed by atoms with van der Waals surface area (Å²) in [5.41, 5.74) is 1.33. The highest BCUT2D eigenvalue weighted by Crippen LogP contribution is 1.96. The molecule has 40 valence electrons. The SMILES string of the molecule is C=C/C(=C\Cl)OC. The predicted octanol–water partition coefficient (Wildman–Crippen LogP) is 1.90. The van der Waals surface area contributed by atoms with Crippen LogP contribution in [0.5, 0.6) is 0 Å². The van der Waals surface area contributed by atoms with Gasteiger partial charge in [-0.1, -0.05) is 18.2 Å². The van der Waals surface area contributed by atoms with Crippen molar-refractivity contribution in [1.29, 1.82) is 0 Å². The first-order valence-corrected chi connectivity index (χ1v) is 2.25. The molecule has 0 fully saturated rings. The van der Waals surface area contributed by atoms with Crippen LogP contribution >= 0.6 is 11.6 Å². The standard InChI is InChI=1S/C5H7ClO/c1-3-5(4-6)7-2/h3-4H,1H2,2H3/b5-4+. The normalized spacial score (nSPS) is 10.9. The largest absolute Gasteiger partial charge is 0.496 e. The molecule has 0 aliphatic heterocycles. The van der Waals surface area contributed by atoms with Crippen molar-refractivity contribution in [2.24, 2.45) is 0 Å². The summed E-state index contributed by atoms with van der Waals surface area (Å²) in [4.78, 5) is 0. The molecular formula is C5H7ClO. The van der Waals surface area contributed by atoms with Crippen molar-refractivity contribution in [3.8, 4) is 0 Å². The molecule has 7 heavy (non-hydrogen) atoms. The van der Waals surface area contributed by atoms with Gasteiger partial charge in [0.15, 0.2) is 0 Å². The van der Waals surface area contributed by atoms with E-state index >= 15 is 0 Å². The maximum absolute atomic E-state index is 5.21. The number of hydrogen-bond acceptors (Lipinski definition) is 1. The van der Waals surface area contributed by atoms with E-state index in [0.717, 1.165) is 0 Å². The van der Waals surface area contributed by atoms with Crippen molar-refractivity contribution in [1.82, 2.24) is 0 Å². The van der Waals surface area contributed by atoms with E-state index < -0.39 is 0 Å². The van der Waals surface area contributed by atoms with Crippen molar-refractivity contribution < 1.29 is 4.74 Å². The van der Waals surface area contributed by atoms with E-state index in [4.69, 9.17) is 11.6 Å². The maximum atomic E-state index is 5.21. The molecule has 0 bridgehead atoms. The second-order valence-electron chi connectivity index (χ2n) is 0.920. The van der Waals surface area contributed by atoms with Crippen LogP contribution in [0.3, 0.4) is 0 Å². The van der Waals surface area contributed by atoms with E-state index in [1.54, 1.807) is 0 Å². The van der Waals surface area contributed by atoms with Crippen LogP contribution in [-0.4, -0.2) is 7.11 Å². The van der Waals surface area contributed by atoms with Crippen LogP contribution in [0, 0.1) is 0 Å². The van der Waals surface area contributed by atoms with E-state index in [1.807, 2.05) is 0 Å². The summed E-state index contributed by atoms with van der Waals surface area (Å²) >= 11 is 5.21. The summed E-state index contributed by atoms with van der Waals surface area (Å²) in [6.45, 7) is 3.42. The molecule has 0 amide bonds. The maximum Gasteiger partial charge on any atom is 0.129 e. The van der Waals surface area contributed by atoms with Crippen LogP contribution in [0.1, 0.15) is 0 Å². The van der Waals surface area contributed by atoms with Crippen LogP contribution < -0.4 is 0 Å². The van der Waals surface area contributed by atoms with E-state index in [1.165, 1.54) is 18.7 Å². The van der Waals surface area contributed by atoms with Crippen molar-refractivity contribution in [3.05, 3.63) is 23.9 Å². The molecule has 0 saturated carbocycles. The lowest BCUT2D eigenvalue weighted by atomic mass is 10.6. The van der Waals surface area contributed by atoms with E-state index in [2.05, 4.69) is 11.3 Å². The lowest BCUT2D eigenvalue weighted by Gasteiger charge is -1.92. The first-order chi connectivity index (χ1) is 3.35. The fourth-order valence-electron chi connectivity index (χ4n) is 0.172. The van der Waals surface area contributed by atoms with Gasteiger partial charge in [-0.05, 0) is 6.08 Å². The molecule has 1 nitrogen and oxygen atoms in total. The third-order valence-electron chi connectivity index (χ3n) is 0.544. The molecule has 2 heteroatoms. The number of ether oxygens (including phenoxy) is 1. The van der Waals surface area contributed by atoms with Crippen molar-refractivity contribution >= 4 is 11.6 Å². The fraction of sp³-hybridized carbons (Fsp3) is 0.200. The van der Waals surface area contributed by atoms with Crippen LogP contribution in [0.15, 0.2) is 23.9 Å². The number of methoxy groups -OCH3 is 1. The molecule has 0 aliphatic carbocycles. The minimum Gasteiger partial charge on any atom is -0.496 e. The monoisotopic (exact) mass is 118 g/mol. The van der Waals surface area contributed by atoms with Crippen LogP contribution in [0.25, 0.3) is 0 Å². The van der Waals surface area contributed by atoms with Gasteiger partial charge >= 0.3 is 0 Å². The summed E-state index contributed by atoms with van der Waals surface area (Å²) < 4.78 is 4.66. The van der Waals surface area contributed by atoms with Gasteiger partial charge in [0.2, 0.25) is 0 Å². The van der Waals surface area contributed by atoms with E-state index in [0.29, 0.717) is 5.76 Å². The molecule has 0 aromatic heterocycles. The predicted molar refractivity (Wildman–Crippen MR) is 31.1 cm³/mol. The molecule has 0 unspecified atom stereocenters. The van der Waals surface area contributed by atoms with Gasteiger partial charge < -0.3 is 4.74 Å². The van der Waals surface area contributed by atoms with Crippen molar-refractivity contribution in [2.45, 2.75) is 0 Å². The lowest BCUT2D eigenvalue weighted by molar-refractivity contribution is 0.308. The Labute approximate surface area is 48.2 Å². The molecule has 0 rings (SSSR count). The Morgan fingerprint density at radius 3 is 2.43 bits per heavy atom. The zero-order chi connectivity index (χ0) is 5.70. The fourth-order valence-corrected chi connectivity index (χ4v) is 0.351. The van der Waals surface area contributed by atoms with Gasteiger partial charge in [0.05, 0.1) is 7.11 Å². The highest BCUT2D eigenvalue weighted by Gasteiger charge is 1.79. The zero-order valence-electron chi connectivity index (χ0n) is 4.15. The van der Waals surface area contributed by atoms with E-state index in [9.17, 15) is 0 Å². The third kappa shape index (κ3) is 2.29. The average molecular weight is 119 g/mol. The zero-order valence-corrected chi connectivity index (χ0v) is 4.90. The summed E-state index contributed by atoms with van der Waals surface area (Å²) in [5, 5.41) is 0. The Hall–Kier alpha value is -0.430. The molecule has 0 aromatic carbocycles. The number of halogens is 1. The highest BCUT2D eigenvalue weighted by molar-refractivity contribution is 6.25. The number of rotatable bonds is 2. The minimum absolute atomic E-state index is 0.585. The molecule has 0 radical (unpaired) electrons. The summed E-state index contributed by atoms with van der Waals surface area (Å²) in [7, 11) is 1.54. The molecule has 0 N–H and O–H groups in total. The van der Waals surface area contributed by atoms with Gasteiger partial charge in [-0.25, -0.2) is 0 Å². The summed E-state index contributed by atoms with van der Waals surface area (Å²) in [6, 6.07) is 0. The average Bonchev–Trinajstić information content (AvgIpc) is 1.72. The number of allylic oxidation sites excluding steroid dienone is 1. The molecule has 0 aliphatic rings. The molecule has 0 spiro atoms. The van der Waals surface area contributed by atoms with Gasteiger partial charge in [0, 0.05) is 5.54 Å². The van der Waals surface area contributed by atoms with E-state index in [-0.39, 0.29) is 0 Å². The highest BCUT2D eigenvalue weighted by atomic mass is 35.5. The van der Waals surface area contributed by atoms with Gasteiger partial charge in [0.1, 0.15) is 5.76 Å². The Morgan fingerprint density at radius 1 is 1.86 bits per heavy atom. The van der Waals surface area contributed by atoms with Gasteiger partial charge in [-0.15, -0.1) is 0 Å². The van der Waals surface area contributed by atoms with Gasteiger partial charge in [0.25, 0.3) is 0 Å². The van der Waals surface area contributed by atoms with Crippen LogP contribution in [0.4, 0.5) is 0 Å². The molecule has 0 aromatic rings. The second kappa shape index (κ2) is 3.75. The summed E-state index contributed by atoms with van der Waals surface area (Å²) in [5.74, 6) is 0.585. The first-order valence-electron chi connectivity index (χ1n) is 1.82. The first kappa shape index (κ1) is 6.57. The third-order valence-corrected chi connectivity index (χ3v) is 0.759. The Kier molecular flexibility index (Phi) is 3.52. The quantitative estimate of drug-likeness (QED) is 0.398. The second-order valence-corrected chi connectivity index (χ2v) is 1.14. The summed E-state index contributed by atoms with van der Waals surface area (Å²) in [6.07, 6.45) is 1.53. The smallest absolute Gasteiger partial charge is 0.129 e. The van der Waals surface area contributed by atoms with Gasteiger partial charge in [-0.2, -0.15) is 0 Å².